The molecule has 1 unspecified atom stereocenters. The summed E-state index contributed by atoms with van der Waals surface area (Å²) in [4.78, 5) is 26.6. The molecule has 1 amide bonds. The second-order valence-corrected chi connectivity index (χ2v) is 8.16. The number of Topliss-reactive ketones (excluding diaryl/α,β-unsaturated/α-hetero) is 1. The summed E-state index contributed by atoms with van der Waals surface area (Å²) in [5, 5.41) is 2.82. The summed E-state index contributed by atoms with van der Waals surface area (Å²) in [5.41, 5.74) is -1.47. The second kappa shape index (κ2) is 10.7. The molecule has 180 valence electrons. The lowest BCUT2D eigenvalue weighted by Gasteiger charge is -2.34. The average molecular weight is 478 g/mol. The maximum atomic E-state index is 14.9. The molecule has 2 aromatic rings. The highest BCUT2D eigenvalue weighted by Gasteiger charge is 2.35. The predicted molar refractivity (Wildman–Crippen MR) is 117 cm³/mol. The van der Waals surface area contributed by atoms with Crippen LogP contribution in [0.2, 0.25) is 0 Å². The Morgan fingerprint density at radius 3 is 2.41 bits per heavy atom. The number of carbonyl (C=O) groups excluding carboxylic acids is 2. The lowest BCUT2D eigenvalue weighted by Crippen LogP contribution is -2.47. The Hall–Kier alpha value is -3.41. The molecule has 3 rings (SSSR count). The molecule has 0 aromatic heterocycles. The number of rotatable bonds is 7. The minimum atomic E-state index is -4.70. The first kappa shape index (κ1) is 25.2. The van der Waals surface area contributed by atoms with Crippen molar-refractivity contribution >= 4 is 17.4 Å². The molecule has 0 radical (unpaired) electrons. The molecule has 1 aliphatic rings. The number of anilines is 1. The van der Waals surface area contributed by atoms with Gasteiger partial charge in [0, 0.05) is 23.4 Å². The number of nitrogens with one attached hydrogen (secondary N) is 1. The molecule has 1 saturated carbocycles. The minimum absolute atomic E-state index is 0.161. The SMILES string of the molecule is C#CC(=O)CN(c1cccc(C(F)(F)F)c1)C(C(=O)NC1CCCCC1)c1ccc(F)cc1F. The number of alkyl halides is 3. The number of carbonyl (C=O) groups is 2. The third kappa shape index (κ3) is 6.13. The summed E-state index contributed by atoms with van der Waals surface area (Å²) in [6.45, 7) is -0.655. The van der Waals surface area contributed by atoms with Crippen molar-refractivity contribution in [3.8, 4) is 12.3 Å². The van der Waals surface area contributed by atoms with Gasteiger partial charge in [0.1, 0.15) is 17.7 Å². The minimum Gasteiger partial charge on any atom is -0.351 e. The van der Waals surface area contributed by atoms with Crippen LogP contribution in [0.5, 0.6) is 0 Å². The van der Waals surface area contributed by atoms with Crippen LogP contribution in [0.15, 0.2) is 42.5 Å². The van der Waals surface area contributed by atoms with Crippen LogP contribution in [0.3, 0.4) is 0 Å². The molecule has 0 saturated heterocycles. The highest BCUT2D eigenvalue weighted by molar-refractivity contribution is 5.99. The molecule has 0 heterocycles. The quantitative estimate of drug-likeness (QED) is 0.339. The van der Waals surface area contributed by atoms with Crippen molar-refractivity contribution in [2.75, 3.05) is 11.4 Å². The van der Waals surface area contributed by atoms with E-state index in [1.54, 1.807) is 0 Å². The number of ketones is 1. The molecule has 1 aliphatic carbocycles. The average Bonchev–Trinajstić information content (AvgIpc) is 2.80. The number of hydrogen-bond donors (Lipinski definition) is 1. The molecule has 4 nitrogen and oxygen atoms in total. The lowest BCUT2D eigenvalue weighted by molar-refractivity contribution is -0.137. The van der Waals surface area contributed by atoms with Crippen LogP contribution in [0, 0.1) is 24.0 Å². The van der Waals surface area contributed by atoms with Gasteiger partial charge < -0.3 is 10.2 Å². The van der Waals surface area contributed by atoms with Crippen LogP contribution in [-0.4, -0.2) is 24.3 Å². The van der Waals surface area contributed by atoms with E-state index in [4.69, 9.17) is 6.42 Å². The topological polar surface area (TPSA) is 49.4 Å². The van der Waals surface area contributed by atoms with Crippen LogP contribution in [-0.2, 0) is 15.8 Å². The Kier molecular flexibility index (Phi) is 7.92. The molecule has 1 N–H and O–H groups in total. The molecule has 1 fully saturated rings. The normalized spacial score (nSPS) is 15.3. The molecular weight excluding hydrogens is 455 g/mol. The molecule has 9 heteroatoms. The van der Waals surface area contributed by atoms with Crippen molar-refractivity contribution in [2.24, 2.45) is 0 Å². The summed E-state index contributed by atoms with van der Waals surface area (Å²) in [5.74, 6) is -1.64. The van der Waals surface area contributed by atoms with Crippen molar-refractivity contribution in [1.29, 1.82) is 0 Å². The van der Waals surface area contributed by atoms with Gasteiger partial charge in [-0.2, -0.15) is 13.2 Å². The Balaban J connectivity index is 2.11. The van der Waals surface area contributed by atoms with Crippen LogP contribution < -0.4 is 10.2 Å². The number of nitrogens with zero attached hydrogens (tertiary/aromatic N) is 1. The van der Waals surface area contributed by atoms with Crippen molar-refractivity contribution in [3.63, 3.8) is 0 Å². The first-order valence-electron chi connectivity index (χ1n) is 10.8. The van der Waals surface area contributed by atoms with E-state index in [1.807, 2.05) is 5.92 Å². The van der Waals surface area contributed by atoms with Gasteiger partial charge in [0.15, 0.2) is 0 Å². The van der Waals surface area contributed by atoms with Gasteiger partial charge in [-0.1, -0.05) is 31.4 Å². The fourth-order valence-electron chi connectivity index (χ4n) is 4.09. The van der Waals surface area contributed by atoms with Crippen LogP contribution in [0.25, 0.3) is 0 Å². The largest absolute Gasteiger partial charge is 0.416 e. The van der Waals surface area contributed by atoms with Gasteiger partial charge in [-0.15, -0.1) is 6.42 Å². The zero-order valence-electron chi connectivity index (χ0n) is 18.2. The van der Waals surface area contributed by atoms with Crippen LogP contribution in [0.4, 0.5) is 27.6 Å². The molecule has 1 atom stereocenters. The number of amides is 1. The van der Waals surface area contributed by atoms with E-state index in [9.17, 15) is 31.5 Å². The van der Waals surface area contributed by atoms with E-state index in [2.05, 4.69) is 5.32 Å². The monoisotopic (exact) mass is 478 g/mol. The van der Waals surface area contributed by atoms with Gasteiger partial charge >= 0.3 is 6.18 Å². The summed E-state index contributed by atoms with van der Waals surface area (Å²) in [6, 6.07) is 4.74. The number of halogens is 5. The summed E-state index contributed by atoms with van der Waals surface area (Å²) in [6.07, 6.45) is 4.64. The van der Waals surface area contributed by atoms with Gasteiger partial charge in [-0.05, 0) is 43.0 Å². The lowest BCUT2D eigenvalue weighted by atomic mass is 9.94. The highest BCUT2D eigenvalue weighted by Crippen LogP contribution is 2.35. The van der Waals surface area contributed by atoms with Gasteiger partial charge in [-0.25, -0.2) is 8.78 Å². The Morgan fingerprint density at radius 2 is 1.79 bits per heavy atom. The smallest absolute Gasteiger partial charge is 0.351 e. The highest BCUT2D eigenvalue weighted by atomic mass is 19.4. The number of hydrogen-bond acceptors (Lipinski definition) is 3. The van der Waals surface area contributed by atoms with E-state index in [0.29, 0.717) is 18.9 Å². The zero-order valence-corrected chi connectivity index (χ0v) is 18.2. The second-order valence-electron chi connectivity index (χ2n) is 8.16. The Labute approximate surface area is 194 Å². The molecular formula is C25H23F5N2O2. The summed E-state index contributed by atoms with van der Waals surface area (Å²) in [7, 11) is 0. The Morgan fingerprint density at radius 1 is 1.09 bits per heavy atom. The number of terminal acetylenes is 1. The first-order valence-corrected chi connectivity index (χ1v) is 10.8. The van der Waals surface area contributed by atoms with Crippen molar-refractivity contribution < 1.29 is 31.5 Å². The number of benzene rings is 2. The standard InChI is InChI=1S/C25H23F5N2O2/c1-2-20(33)15-32(19-10-6-7-16(13-19)25(28,29)30)23(21-12-11-17(26)14-22(21)27)24(34)31-18-8-4-3-5-9-18/h1,6-7,10-14,18,23H,3-5,8-9,15H2,(H,31,34). The van der Waals surface area contributed by atoms with E-state index in [1.165, 1.54) is 6.07 Å². The molecule has 2 aromatic carbocycles. The van der Waals surface area contributed by atoms with E-state index < -0.39 is 47.7 Å². The van der Waals surface area contributed by atoms with Crippen molar-refractivity contribution in [3.05, 3.63) is 65.2 Å². The Bertz CT molecular complexity index is 1090. The van der Waals surface area contributed by atoms with E-state index >= 15 is 0 Å². The van der Waals surface area contributed by atoms with E-state index in [0.717, 1.165) is 54.5 Å². The fourth-order valence-corrected chi connectivity index (χ4v) is 4.09. The van der Waals surface area contributed by atoms with Gasteiger partial charge in [0.2, 0.25) is 11.7 Å². The van der Waals surface area contributed by atoms with Crippen molar-refractivity contribution in [2.45, 2.75) is 50.4 Å². The van der Waals surface area contributed by atoms with Gasteiger partial charge in [-0.3, -0.25) is 9.59 Å². The summed E-state index contributed by atoms with van der Waals surface area (Å²) >= 11 is 0. The molecule has 34 heavy (non-hydrogen) atoms. The fraction of sp³-hybridized carbons (Fsp3) is 0.360. The predicted octanol–water partition coefficient (Wildman–Crippen LogP) is 5.18. The van der Waals surface area contributed by atoms with Gasteiger partial charge in [0.25, 0.3) is 0 Å². The maximum absolute atomic E-state index is 14.9. The van der Waals surface area contributed by atoms with Crippen LogP contribution in [0.1, 0.15) is 49.3 Å². The van der Waals surface area contributed by atoms with Crippen LogP contribution >= 0.6 is 0 Å². The molecule has 0 aliphatic heterocycles. The third-order valence-corrected chi connectivity index (χ3v) is 5.75. The van der Waals surface area contributed by atoms with Gasteiger partial charge in [0.05, 0.1) is 12.1 Å². The zero-order chi connectivity index (χ0) is 24.9. The molecule has 0 spiro atoms. The van der Waals surface area contributed by atoms with Crippen molar-refractivity contribution in [1.82, 2.24) is 5.32 Å². The third-order valence-electron chi connectivity index (χ3n) is 5.75. The first-order chi connectivity index (χ1) is 16.1. The van der Waals surface area contributed by atoms with E-state index in [-0.39, 0.29) is 17.3 Å². The maximum Gasteiger partial charge on any atom is 0.416 e. The summed E-state index contributed by atoms with van der Waals surface area (Å²) < 4.78 is 68.5. The molecule has 0 bridgehead atoms.